The summed E-state index contributed by atoms with van der Waals surface area (Å²) in [6.45, 7) is 3.72. The summed E-state index contributed by atoms with van der Waals surface area (Å²) in [5.41, 5.74) is 2.52. The SMILES string of the molecule is Cc1cc(N[C@@H](C)c2ccc(-c3nc(C4CC4)no3)cc2)nc(F)n1. The summed E-state index contributed by atoms with van der Waals surface area (Å²) in [5.74, 6) is 2.28. The molecule has 1 atom stereocenters. The molecule has 25 heavy (non-hydrogen) atoms. The zero-order chi connectivity index (χ0) is 17.4. The molecule has 2 aromatic heterocycles. The van der Waals surface area contributed by atoms with Gasteiger partial charge in [0.1, 0.15) is 5.82 Å². The molecule has 0 aliphatic heterocycles. The molecule has 6 nitrogen and oxygen atoms in total. The van der Waals surface area contributed by atoms with Gasteiger partial charge in [0.25, 0.3) is 5.89 Å². The second-order valence-corrected chi connectivity index (χ2v) is 6.38. The van der Waals surface area contributed by atoms with E-state index >= 15 is 0 Å². The summed E-state index contributed by atoms with van der Waals surface area (Å²) >= 11 is 0. The van der Waals surface area contributed by atoms with Crippen molar-refractivity contribution in [3.05, 3.63) is 53.5 Å². The lowest BCUT2D eigenvalue weighted by Crippen LogP contribution is -2.09. The molecule has 1 aliphatic rings. The van der Waals surface area contributed by atoms with Gasteiger partial charge in [-0.3, -0.25) is 0 Å². The highest BCUT2D eigenvalue weighted by atomic mass is 19.1. The van der Waals surface area contributed by atoms with Crippen molar-refractivity contribution in [2.45, 2.75) is 38.6 Å². The number of benzene rings is 1. The van der Waals surface area contributed by atoms with E-state index in [2.05, 4.69) is 25.4 Å². The van der Waals surface area contributed by atoms with E-state index < -0.39 is 6.08 Å². The average Bonchev–Trinajstić information content (AvgIpc) is 3.31. The van der Waals surface area contributed by atoms with Gasteiger partial charge in [-0.05, 0) is 44.4 Å². The van der Waals surface area contributed by atoms with E-state index in [1.54, 1.807) is 13.0 Å². The van der Waals surface area contributed by atoms with Gasteiger partial charge in [-0.15, -0.1) is 0 Å². The minimum atomic E-state index is -0.729. The summed E-state index contributed by atoms with van der Waals surface area (Å²) < 4.78 is 18.6. The summed E-state index contributed by atoms with van der Waals surface area (Å²) in [6.07, 6.45) is 1.56. The number of nitrogens with one attached hydrogen (secondary N) is 1. The van der Waals surface area contributed by atoms with Crippen LogP contribution in [0.4, 0.5) is 10.2 Å². The van der Waals surface area contributed by atoms with Crippen LogP contribution in [0.3, 0.4) is 0 Å². The van der Waals surface area contributed by atoms with Crippen LogP contribution in [0.15, 0.2) is 34.9 Å². The van der Waals surface area contributed by atoms with E-state index in [1.807, 2.05) is 31.2 Å². The number of nitrogens with zero attached hydrogens (tertiary/aromatic N) is 4. The Labute approximate surface area is 144 Å². The molecule has 7 heteroatoms. The Morgan fingerprint density at radius 1 is 1.16 bits per heavy atom. The van der Waals surface area contributed by atoms with E-state index in [-0.39, 0.29) is 6.04 Å². The highest BCUT2D eigenvalue weighted by Gasteiger charge is 2.28. The molecular weight excluding hydrogens is 321 g/mol. The van der Waals surface area contributed by atoms with Gasteiger partial charge < -0.3 is 9.84 Å². The normalized spacial score (nSPS) is 15.2. The topological polar surface area (TPSA) is 76.7 Å². The van der Waals surface area contributed by atoms with Gasteiger partial charge in [-0.25, -0.2) is 4.98 Å². The van der Waals surface area contributed by atoms with Crippen LogP contribution in [-0.4, -0.2) is 20.1 Å². The first kappa shape index (κ1) is 15.7. The monoisotopic (exact) mass is 339 g/mol. The third-order valence-corrected chi connectivity index (χ3v) is 4.23. The minimum absolute atomic E-state index is 0.0348. The molecule has 1 N–H and O–H groups in total. The first-order chi connectivity index (χ1) is 12.1. The van der Waals surface area contributed by atoms with Crippen molar-refractivity contribution in [1.82, 2.24) is 20.1 Å². The summed E-state index contributed by atoms with van der Waals surface area (Å²) in [7, 11) is 0. The Bertz CT molecular complexity index is 868. The quantitative estimate of drug-likeness (QED) is 0.707. The molecule has 1 aromatic carbocycles. The minimum Gasteiger partial charge on any atom is -0.363 e. The van der Waals surface area contributed by atoms with Crippen molar-refractivity contribution in [1.29, 1.82) is 0 Å². The fourth-order valence-corrected chi connectivity index (χ4v) is 2.69. The molecule has 1 fully saturated rings. The number of aryl methyl sites for hydroxylation is 1. The number of hydrogen-bond donors (Lipinski definition) is 1. The Balaban J connectivity index is 1.48. The van der Waals surface area contributed by atoms with Crippen LogP contribution >= 0.6 is 0 Å². The van der Waals surface area contributed by atoms with Gasteiger partial charge in [-0.2, -0.15) is 14.4 Å². The molecule has 0 unspecified atom stereocenters. The molecule has 4 rings (SSSR count). The highest BCUT2D eigenvalue weighted by Crippen LogP contribution is 2.38. The molecule has 0 bridgehead atoms. The van der Waals surface area contributed by atoms with Crippen LogP contribution in [0.1, 0.15) is 48.8 Å². The first-order valence-electron chi connectivity index (χ1n) is 8.30. The second kappa shape index (κ2) is 6.23. The maximum absolute atomic E-state index is 13.3. The molecule has 0 saturated heterocycles. The molecule has 2 heterocycles. The third-order valence-electron chi connectivity index (χ3n) is 4.23. The fraction of sp³-hybridized carbons (Fsp3) is 0.333. The molecular formula is C18H18FN5O. The zero-order valence-electron chi connectivity index (χ0n) is 14.0. The fourth-order valence-electron chi connectivity index (χ4n) is 2.69. The van der Waals surface area contributed by atoms with Crippen LogP contribution in [-0.2, 0) is 0 Å². The maximum Gasteiger partial charge on any atom is 0.310 e. The van der Waals surface area contributed by atoms with Gasteiger partial charge in [-0.1, -0.05) is 17.3 Å². The molecule has 1 aliphatic carbocycles. The number of hydrogen-bond acceptors (Lipinski definition) is 6. The van der Waals surface area contributed by atoms with Gasteiger partial charge in [0.15, 0.2) is 5.82 Å². The Kier molecular flexibility index (Phi) is 3.91. The number of halogens is 1. The van der Waals surface area contributed by atoms with Gasteiger partial charge in [0.05, 0.1) is 0 Å². The zero-order valence-corrected chi connectivity index (χ0v) is 14.0. The maximum atomic E-state index is 13.3. The van der Waals surface area contributed by atoms with E-state index in [0.717, 1.165) is 29.8 Å². The number of rotatable bonds is 5. The lowest BCUT2D eigenvalue weighted by atomic mass is 10.1. The van der Waals surface area contributed by atoms with Crippen molar-refractivity contribution in [3.63, 3.8) is 0 Å². The van der Waals surface area contributed by atoms with Crippen molar-refractivity contribution in [3.8, 4) is 11.5 Å². The van der Waals surface area contributed by atoms with Crippen molar-refractivity contribution in [2.24, 2.45) is 0 Å². The van der Waals surface area contributed by atoms with Gasteiger partial charge in [0, 0.05) is 29.3 Å². The first-order valence-corrected chi connectivity index (χ1v) is 8.30. The summed E-state index contributed by atoms with van der Waals surface area (Å²) in [6, 6.07) is 9.54. The second-order valence-electron chi connectivity index (χ2n) is 6.38. The van der Waals surface area contributed by atoms with Gasteiger partial charge >= 0.3 is 6.08 Å². The number of aromatic nitrogens is 4. The molecule has 3 aromatic rings. The molecule has 1 saturated carbocycles. The predicted molar refractivity (Wildman–Crippen MR) is 90.5 cm³/mol. The summed E-state index contributed by atoms with van der Waals surface area (Å²) in [4.78, 5) is 11.9. The van der Waals surface area contributed by atoms with Crippen molar-refractivity contribution < 1.29 is 8.91 Å². The summed E-state index contributed by atoms with van der Waals surface area (Å²) in [5, 5.41) is 7.22. The van der Waals surface area contributed by atoms with E-state index in [0.29, 0.717) is 23.3 Å². The smallest absolute Gasteiger partial charge is 0.310 e. The van der Waals surface area contributed by atoms with Crippen molar-refractivity contribution in [2.75, 3.05) is 5.32 Å². The van der Waals surface area contributed by atoms with E-state index in [1.165, 1.54) is 0 Å². The van der Waals surface area contributed by atoms with E-state index in [9.17, 15) is 4.39 Å². The lowest BCUT2D eigenvalue weighted by molar-refractivity contribution is 0.422. The molecule has 0 amide bonds. The van der Waals surface area contributed by atoms with Gasteiger partial charge in [0.2, 0.25) is 0 Å². The van der Waals surface area contributed by atoms with Crippen LogP contribution < -0.4 is 5.32 Å². The van der Waals surface area contributed by atoms with Crippen LogP contribution in [0.2, 0.25) is 0 Å². The Hall–Kier alpha value is -2.83. The van der Waals surface area contributed by atoms with E-state index in [4.69, 9.17) is 4.52 Å². The standard InChI is InChI=1S/C18H18FN5O/c1-10-9-15(22-18(19)20-10)21-11(2)12-3-7-14(8-4-12)17-23-16(24-25-17)13-5-6-13/h3-4,7-9,11,13H,5-6H2,1-2H3,(H,20,21,22)/t11-/m0/s1. The average molecular weight is 339 g/mol. The van der Waals surface area contributed by atoms with Crippen LogP contribution in [0.25, 0.3) is 11.5 Å². The van der Waals surface area contributed by atoms with Crippen LogP contribution in [0, 0.1) is 13.0 Å². The predicted octanol–water partition coefficient (Wildman–Crippen LogP) is 4.02. The largest absolute Gasteiger partial charge is 0.363 e. The Morgan fingerprint density at radius 2 is 1.92 bits per heavy atom. The number of anilines is 1. The highest BCUT2D eigenvalue weighted by molar-refractivity contribution is 5.54. The Morgan fingerprint density at radius 3 is 2.60 bits per heavy atom. The van der Waals surface area contributed by atoms with Crippen molar-refractivity contribution >= 4 is 5.82 Å². The molecule has 128 valence electrons. The molecule has 0 spiro atoms. The van der Waals surface area contributed by atoms with Crippen LogP contribution in [0.5, 0.6) is 0 Å². The third kappa shape index (κ3) is 3.50. The molecule has 0 radical (unpaired) electrons. The lowest BCUT2D eigenvalue weighted by Gasteiger charge is -2.15.